The van der Waals surface area contributed by atoms with Crippen LogP contribution >= 0.6 is 0 Å². The molecule has 1 amide bonds. The van der Waals surface area contributed by atoms with Crippen LogP contribution in [0.25, 0.3) is 16.7 Å². The lowest BCUT2D eigenvalue weighted by molar-refractivity contribution is -0.145. The third-order valence-electron chi connectivity index (χ3n) is 7.80. The van der Waals surface area contributed by atoms with E-state index in [4.69, 9.17) is 24.4 Å². The van der Waals surface area contributed by atoms with E-state index in [1.165, 1.54) is 22.9 Å². The van der Waals surface area contributed by atoms with Crippen LogP contribution in [0.1, 0.15) is 34.0 Å². The summed E-state index contributed by atoms with van der Waals surface area (Å²) < 4.78 is 44.1. The van der Waals surface area contributed by atoms with E-state index >= 15 is 4.39 Å². The Morgan fingerprint density at radius 2 is 1.77 bits per heavy atom. The molecule has 0 saturated carbocycles. The first-order valence-electron chi connectivity index (χ1n) is 14.8. The molecule has 1 saturated heterocycles. The van der Waals surface area contributed by atoms with Gasteiger partial charge in [-0.05, 0) is 60.9 Å². The number of nitrogens with one attached hydrogen (secondary N) is 1. The summed E-state index contributed by atoms with van der Waals surface area (Å²) in [5, 5.41) is 2.94. The van der Waals surface area contributed by atoms with Gasteiger partial charge in [-0.25, -0.2) is 23.5 Å². The van der Waals surface area contributed by atoms with Crippen LogP contribution in [-0.2, 0) is 34.3 Å². The number of aromatic nitrogens is 3. The van der Waals surface area contributed by atoms with Crippen LogP contribution in [0.15, 0.2) is 58.3 Å². The van der Waals surface area contributed by atoms with Crippen molar-refractivity contribution in [2.24, 2.45) is 12.8 Å². The lowest BCUT2D eigenvalue weighted by atomic mass is 10.0. The third-order valence-corrected chi connectivity index (χ3v) is 7.80. The fourth-order valence-corrected chi connectivity index (χ4v) is 5.41. The van der Waals surface area contributed by atoms with Gasteiger partial charge in [0.05, 0.1) is 36.3 Å². The summed E-state index contributed by atoms with van der Waals surface area (Å²) >= 11 is 0. The molecule has 0 unspecified atom stereocenters. The third kappa shape index (κ3) is 7.88. The van der Waals surface area contributed by atoms with Crippen molar-refractivity contribution >= 4 is 28.5 Å². The molecule has 0 radical (unpaired) electrons. The number of fused-ring (bicyclic) bond motifs is 1. The number of hydrogen-bond acceptors (Lipinski definition) is 9. The van der Waals surface area contributed by atoms with Crippen molar-refractivity contribution in [1.29, 1.82) is 0 Å². The molecular formula is C32H36F4N6O6. The number of amides is 1. The molecule has 1 aliphatic rings. The maximum Gasteiger partial charge on any atom is 0.337 e. The Kier molecular flexibility index (Phi) is 13.0. The lowest BCUT2D eigenvalue weighted by Crippen LogP contribution is -2.44. The number of nitrogens with two attached hydrogens (primary N) is 1. The zero-order valence-electron chi connectivity index (χ0n) is 26.5. The SMILES string of the molecule is CCOC(=O)[C@H](Cc1ccc(-n2c(=O)c3ccc(CN)cc3n(C)c2=O)nc1)NC(=O)c1c(C)cc(N2CCOCC2)cc1F.F.FF. The number of halogens is 4. The number of rotatable bonds is 9. The molecular weight excluding hydrogens is 640 g/mol. The molecule has 258 valence electrons. The maximum absolute atomic E-state index is 15.3. The smallest absolute Gasteiger partial charge is 0.337 e. The number of ether oxygens (including phenoxy) is 2. The van der Waals surface area contributed by atoms with Crippen LogP contribution in [0.3, 0.4) is 0 Å². The van der Waals surface area contributed by atoms with Gasteiger partial charge in [0.15, 0.2) is 0 Å². The van der Waals surface area contributed by atoms with E-state index in [9.17, 15) is 19.2 Å². The maximum atomic E-state index is 15.3. The minimum atomic E-state index is -1.16. The molecule has 2 aromatic carbocycles. The van der Waals surface area contributed by atoms with E-state index in [0.29, 0.717) is 54.0 Å². The zero-order valence-corrected chi connectivity index (χ0v) is 26.5. The number of benzene rings is 2. The van der Waals surface area contributed by atoms with Crippen LogP contribution in [0.5, 0.6) is 0 Å². The predicted molar refractivity (Wildman–Crippen MR) is 171 cm³/mol. The van der Waals surface area contributed by atoms with Gasteiger partial charge < -0.3 is 25.4 Å². The van der Waals surface area contributed by atoms with Crippen molar-refractivity contribution in [3.63, 3.8) is 0 Å². The average Bonchev–Trinajstić information content (AvgIpc) is 3.08. The second-order valence-corrected chi connectivity index (χ2v) is 10.8. The van der Waals surface area contributed by atoms with Crippen molar-refractivity contribution < 1.29 is 37.3 Å². The zero-order chi connectivity index (χ0) is 34.2. The number of morpholine rings is 1. The van der Waals surface area contributed by atoms with E-state index in [2.05, 4.69) is 10.3 Å². The molecule has 3 heterocycles. The predicted octanol–water partition coefficient (Wildman–Crippen LogP) is 2.72. The Bertz CT molecular complexity index is 1850. The molecule has 0 bridgehead atoms. The minimum absolute atomic E-state index is 0. The number of aryl methyl sites for hydroxylation is 2. The number of hydrogen-bond donors (Lipinski definition) is 2. The van der Waals surface area contributed by atoms with Crippen LogP contribution in [0, 0.1) is 12.7 Å². The quantitative estimate of drug-likeness (QED) is 0.202. The summed E-state index contributed by atoms with van der Waals surface area (Å²) in [7, 11) is 1.56. The van der Waals surface area contributed by atoms with Crippen molar-refractivity contribution in [2.75, 3.05) is 37.8 Å². The van der Waals surface area contributed by atoms with Gasteiger partial charge in [0.1, 0.15) is 17.7 Å². The lowest BCUT2D eigenvalue weighted by Gasteiger charge is -2.29. The molecule has 3 N–H and O–H groups in total. The topological polar surface area (TPSA) is 151 Å². The number of carbonyl (C=O) groups is 2. The fourth-order valence-electron chi connectivity index (χ4n) is 5.41. The summed E-state index contributed by atoms with van der Waals surface area (Å²) in [5.41, 5.74) is 7.24. The fraction of sp³-hybridized carbons (Fsp3) is 0.344. The number of anilines is 1. The van der Waals surface area contributed by atoms with E-state index in [0.717, 1.165) is 10.1 Å². The summed E-state index contributed by atoms with van der Waals surface area (Å²) in [6.45, 7) is 5.91. The van der Waals surface area contributed by atoms with E-state index in [-0.39, 0.29) is 35.7 Å². The Morgan fingerprint density at radius 1 is 1.08 bits per heavy atom. The Morgan fingerprint density at radius 3 is 2.38 bits per heavy atom. The van der Waals surface area contributed by atoms with Crippen molar-refractivity contribution in [2.45, 2.75) is 32.9 Å². The first kappa shape index (κ1) is 37.4. The molecule has 0 spiro atoms. The highest BCUT2D eigenvalue weighted by Gasteiger charge is 2.27. The largest absolute Gasteiger partial charge is 0.464 e. The summed E-state index contributed by atoms with van der Waals surface area (Å²) in [4.78, 5) is 58.9. The first-order valence-corrected chi connectivity index (χ1v) is 14.8. The molecule has 16 heteroatoms. The van der Waals surface area contributed by atoms with Crippen LogP contribution in [-0.4, -0.2) is 64.9 Å². The van der Waals surface area contributed by atoms with Gasteiger partial charge in [0.25, 0.3) is 11.5 Å². The van der Waals surface area contributed by atoms with Crippen molar-refractivity contribution in [3.8, 4) is 5.82 Å². The van der Waals surface area contributed by atoms with Gasteiger partial charge in [0, 0.05) is 54.1 Å². The Balaban J connectivity index is 0.00000204. The molecule has 2 aromatic heterocycles. The molecule has 5 rings (SSSR count). The molecule has 12 nitrogen and oxygen atoms in total. The van der Waals surface area contributed by atoms with Gasteiger partial charge in [-0.2, -0.15) is 0 Å². The monoisotopic (exact) mass is 676 g/mol. The highest BCUT2D eigenvalue weighted by atomic mass is 20.0. The van der Waals surface area contributed by atoms with Gasteiger partial charge in [0.2, 0.25) is 0 Å². The highest BCUT2D eigenvalue weighted by Crippen LogP contribution is 2.24. The van der Waals surface area contributed by atoms with Crippen molar-refractivity contribution in [1.82, 2.24) is 19.4 Å². The molecule has 0 aliphatic carbocycles. The Hall–Kier alpha value is -5.09. The van der Waals surface area contributed by atoms with Gasteiger partial charge in [-0.3, -0.25) is 18.9 Å². The average molecular weight is 677 g/mol. The van der Waals surface area contributed by atoms with E-state index in [1.54, 1.807) is 51.2 Å². The minimum Gasteiger partial charge on any atom is -0.464 e. The van der Waals surface area contributed by atoms with Crippen LogP contribution < -0.4 is 27.2 Å². The number of nitrogens with zero attached hydrogens (tertiary/aromatic N) is 4. The van der Waals surface area contributed by atoms with Crippen LogP contribution in [0.4, 0.5) is 23.9 Å². The first-order chi connectivity index (χ1) is 22.6. The van der Waals surface area contributed by atoms with E-state index in [1.807, 2.05) is 4.90 Å². The highest BCUT2D eigenvalue weighted by molar-refractivity contribution is 5.98. The Labute approximate surface area is 272 Å². The van der Waals surface area contributed by atoms with Gasteiger partial charge in [-0.15, -0.1) is 0 Å². The van der Waals surface area contributed by atoms with Gasteiger partial charge in [-0.1, -0.05) is 12.1 Å². The number of carbonyl (C=O) groups excluding carboxylic acids is 2. The number of pyridine rings is 1. The second kappa shape index (κ2) is 16.6. The van der Waals surface area contributed by atoms with E-state index < -0.39 is 35.0 Å². The standard InChI is InChI=1S/C32H35FN6O6.F2.FH/c1-4-45-31(42)25(36-29(40)28-19(2)13-22(16-24(28)33)38-9-11-44-12-10-38)14-21-6-8-27(35-18-21)39-30(41)23-7-5-20(17-34)15-26(23)37(3)32(39)43;1-2;/h5-8,13,15-16,18,25H,4,9-12,14,17,34H2,1-3H3,(H,36,40);;1H/t25-;;/m0../s1. The molecule has 1 aliphatic heterocycles. The van der Waals surface area contributed by atoms with Crippen molar-refractivity contribution in [3.05, 3.63) is 97.6 Å². The molecule has 1 fully saturated rings. The summed E-state index contributed by atoms with van der Waals surface area (Å²) in [5.74, 6) is -2.08. The summed E-state index contributed by atoms with van der Waals surface area (Å²) in [6, 6.07) is 10.0. The van der Waals surface area contributed by atoms with Crippen LogP contribution in [0.2, 0.25) is 0 Å². The summed E-state index contributed by atoms with van der Waals surface area (Å²) in [6.07, 6.45) is 1.38. The van der Waals surface area contributed by atoms with Gasteiger partial charge >= 0.3 is 11.7 Å². The second-order valence-electron chi connectivity index (χ2n) is 10.8. The molecule has 4 aromatic rings. The number of esters is 1. The molecule has 48 heavy (non-hydrogen) atoms. The molecule has 1 atom stereocenters. The normalized spacial score (nSPS) is 13.2.